The minimum atomic E-state index is -0.308. The predicted molar refractivity (Wildman–Crippen MR) is 132 cm³/mol. The van der Waals surface area contributed by atoms with Crippen molar-refractivity contribution in [2.45, 2.75) is 130 Å². The Morgan fingerprint density at radius 2 is 0.938 bits per heavy atom. The average Bonchev–Trinajstić information content (AvgIpc) is 2.76. The van der Waals surface area contributed by atoms with Crippen LogP contribution in [0.25, 0.3) is 0 Å². The molecular formula is C28H52O4. The Balaban J connectivity index is 2.15. The van der Waals surface area contributed by atoms with Crippen LogP contribution in [0.3, 0.4) is 0 Å². The summed E-state index contributed by atoms with van der Waals surface area (Å²) in [6.07, 6.45) is 17.8. The standard InChI is InChI=1S/C28H52O4/c1-23(2)17-11-8-6-5-7-9-15-21-31-27(29)25-19-13-14-20-26(25)28(30)32-22-16-10-12-18-24(3)4/h23-26H,5-22H2,1-4H3. The smallest absolute Gasteiger partial charge is 0.309 e. The zero-order chi connectivity index (χ0) is 23.6. The van der Waals surface area contributed by atoms with Gasteiger partial charge in [-0.2, -0.15) is 0 Å². The molecule has 0 aliphatic heterocycles. The molecule has 0 amide bonds. The molecule has 4 heteroatoms. The third-order valence-electron chi connectivity index (χ3n) is 6.71. The Morgan fingerprint density at radius 3 is 1.34 bits per heavy atom. The van der Waals surface area contributed by atoms with Crippen LogP contribution in [-0.4, -0.2) is 25.2 Å². The van der Waals surface area contributed by atoms with E-state index < -0.39 is 0 Å². The number of hydrogen-bond donors (Lipinski definition) is 0. The van der Waals surface area contributed by atoms with Gasteiger partial charge in [-0.15, -0.1) is 0 Å². The Hall–Kier alpha value is -1.06. The largest absolute Gasteiger partial charge is 0.465 e. The fourth-order valence-electron chi connectivity index (χ4n) is 4.62. The molecule has 1 rings (SSSR count). The van der Waals surface area contributed by atoms with Gasteiger partial charge < -0.3 is 9.47 Å². The summed E-state index contributed by atoms with van der Waals surface area (Å²) in [6, 6.07) is 0. The van der Waals surface area contributed by atoms with Gasteiger partial charge in [-0.25, -0.2) is 0 Å². The molecule has 1 aliphatic rings. The maximum Gasteiger partial charge on any atom is 0.309 e. The molecule has 0 bridgehead atoms. The normalized spacial score (nSPS) is 18.8. The first-order valence-electron chi connectivity index (χ1n) is 13.7. The van der Waals surface area contributed by atoms with Crippen molar-refractivity contribution < 1.29 is 19.1 Å². The second kappa shape index (κ2) is 18.4. The van der Waals surface area contributed by atoms with Crippen molar-refractivity contribution in [1.29, 1.82) is 0 Å². The number of carbonyl (C=O) groups is 2. The van der Waals surface area contributed by atoms with Gasteiger partial charge in [0.25, 0.3) is 0 Å². The molecule has 2 atom stereocenters. The second-order valence-corrected chi connectivity index (χ2v) is 10.7. The summed E-state index contributed by atoms with van der Waals surface area (Å²) in [7, 11) is 0. The summed E-state index contributed by atoms with van der Waals surface area (Å²) >= 11 is 0. The van der Waals surface area contributed by atoms with E-state index in [0.717, 1.165) is 63.2 Å². The van der Waals surface area contributed by atoms with E-state index in [4.69, 9.17) is 9.47 Å². The van der Waals surface area contributed by atoms with Crippen molar-refractivity contribution in [1.82, 2.24) is 0 Å². The molecular weight excluding hydrogens is 400 g/mol. The number of carbonyl (C=O) groups excluding carboxylic acids is 2. The molecule has 2 unspecified atom stereocenters. The summed E-state index contributed by atoms with van der Waals surface area (Å²) in [5, 5.41) is 0. The van der Waals surface area contributed by atoms with Crippen molar-refractivity contribution >= 4 is 11.9 Å². The van der Waals surface area contributed by atoms with Crippen molar-refractivity contribution in [3.63, 3.8) is 0 Å². The van der Waals surface area contributed by atoms with Crippen molar-refractivity contribution in [2.75, 3.05) is 13.2 Å². The van der Waals surface area contributed by atoms with E-state index in [1.807, 2.05) is 0 Å². The lowest BCUT2D eigenvalue weighted by Gasteiger charge is -2.28. The first-order chi connectivity index (χ1) is 15.4. The van der Waals surface area contributed by atoms with E-state index in [-0.39, 0.29) is 23.8 Å². The molecule has 0 saturated heterocycles. The molecule has 0 spiro atoms. The van der Waals surface area contributed by atoms with Crippen LogP contribution < -0.4 is 0 Å². The molecule has 1 aliphatic carbocycles. The van der Waals surface area contributed by atoms with Gasteiger partial charge in [0.05, 0.1) is 25.0 Å². The SMILES string of the molecule is CC(C)CCCCCCCCCOC(=O)C1CCCCC1C(=O)OCCCCCC(C)C. The van der Waals surface area contributed by atoms with E-state index in [1.54, 1.807) is 0 Å². The molecule has 0 radical (unpaired) electrons. The molecule has 0 heterocycles. The Labute approximate surface area is 198 Å². The molecule has 1 fully saturated rings. The van der Waals surface area contributed by atoms with Crippen LogP contribution in [0.5, 0.6) is 0 Å². The predicted octanol–water partition coefficient (Wildman–Crippen LogP) is 7.87. The fraction of sp³-hybridized carbons (Fsp3) is 0.929. The van der Waals surface area contributed by atoms with Crippen LogP contribution in [-0.2, 0) is 19.1 Å². The van der Waals surface area contributed by atoms with Crippen molar-refractivity contribution in [2.24, 2.45) is 23.7 Å². The van der Waals surface area contributed by atoms with Crippen LogP contribution in [0.15, 0.2) is 0 Å². The molecule has 0 aromatic carbocycles. The Morgan fingerprint density at radius 1 is 0.594 bits per heavy atom. The molecule has 0 aromatic rings. The van der Waals surface area contributed by atoms with Gasteiger partial charge in [0.15, 0.2) is 0 Å². The number of rotatable bonds is 18. The lowest BCUT2D eigenvalue weighted by molar-refractivity contribution is -0.163. The highest BCUT2D eigenvalue weighted by atomic mass is 16.5. The summed E-state index contributed by atoms with van der Waals surface area (Å²) in [4.78, 5) is 25.2. The summed E-state index contributed by atoms with van der Waals surface area (Å²) in [6.45, 7) is 10.0. The minimum Gasteiger partial charge on any atom is -0.465 e. The topological polar surface area (TPSA) is 52.6 Å². The lowest BCUT2D eigenvalue weighted by Crippen LogP contribution is -2.35. The number of hydrogen-bond acceptors (Lipinski definition) is 4. The zero-order valence-corrected chi connectivity index (χ0v) is 21.7. The molecule has 0 N–H and O–H groups in total. The van der Waals surface area contributed by atoms with Gasteiger partial charge in [-0.1, -0.05) is 105 Å². The van der Waals surface area contributed by atoms with E-state index >= 15 is 0 Å². The Bertz CT molecular complexity index is 486. The molecule has 32 heavy (non-hydrogen) atoms. The van der Waals surface area contributed by atoms with Crippen LogP contribution >= 0.6 is 0 Å². The highest BCUT2D eigenvalue weighted by Crippen LogP contribution is 2.32. The van der Waals surface area contributed by atoms with Crippen LogP contribution in [0.1, 0.15) is 130 Å². The van der Waals surface area contributed by atoms with Gasteiger partial charge >= 0.3 is 11.9 Å². The zero-order valence-electron chi connectivity index (χ0n) is 21.7. The molecule has 0 aromatic heterocycles. The van der Waals surface area contributed by atoms with Crippen LogP contribution in [0.2, 0.25) is 0 Å². The second-order valence-electron chi connectivity index (χ2n) is 10.7. The van der Waals surface area contributed by atoms with Gasteiger partial charge in [0.1, 0.15) is 0 Å². The van der Waals surface area contributed by atoms with E-state index in [1.165, 1.54) is 51.4 Å². The van der Waals surface area contributed by atoms with Gasteiger partial charge in [0, 0.05) is 0 Å². The highest BCUT2D eigenvalue weighted by molar-refractivity contribution is 5.82. The van der Waals surface area contributed by atoms with Gasteiger partial charge in [-0.05, 0) is 37.5 Å². The van der Waals surface area contributed by atoms with Crippen molar-refractivity contribution in [3.05, 3.63) is 0 Å². The monoisotopic (exact) mass is 452 g/mol. The van der Waals surface area contributed by atoms with Gasteiger partial charge in [-0.3, -0.25) is 9.59 Å². The van der Waals surface area contributed by atoms with E-state index in [2.05, 4.69) is 27.7 Å². The summed E-state index contributed by atoms with van der Waals surface area (Å²) < 4.78 is 11.1. The maximum atomic E-state index is 12.6. The highest BCUT2D eigenvalue weighted by Gasteiger charge is 2.37. The number of ether oxygens (including phenoxy) is 2. The molecule has 4 nitrogen and oxygen atoms in total. The maximum absolute atomic E-state index is 12.6. The quantitative estimate of drug-likeness (QED) is 0.157. The molecule has 1 saturated carbocycles. The first kappa shape index (κ1) is 29.0. The number of esters is 2. The average molecular weight is 453 g/mol. The summed E-state index contributed by atoms with van der Waals surface area (Å²) in [5.41, 5.74) is 0. The van der Waals surface area contributed by atoms with E-state index in [9.17, 15) is 9.59 Å². The third kappa shape index (κ3) is 14.2. The first-order valence-corrected chi connectivity index (χ1v) is 13.7. The minimum absolute atomic E-state index is 0.183. The lowest BCUT2D eigenvalue weighted by atomic mass is 9.79. The number of unbranched alkanes of at least 4 members (excludes halogenated alkanes) is 8. The Kier molecular flexibility index (Phi) is 16.6. The summed E-state index contributed by atoms with van der Waals surface area (Å²) in [5.74, 6) is 0.558. The van der Waals surface area contributed by atoms with Gasteiger partial charge in [0.2, 0.25) is 0 Å². The van der Waals surface area contributed by atoms with Crippen LogP contribution in [0, 0.1) is 23.7 Å². The molecule has 188 valence electrons. The fourth-order valence-corrected chi connectivity index (χ4v) is 4.62. The third-order valence-corrected chi connectivity index (χ3v) is 6.71. The van der Waals surface area contributed by atoms with Crippen LogP contribution in [0.4, 0.5) is 0 Å². The van der Waals surface area contributed by atoms with Crippen molar-refractivity contribution in [3.8, 4) is 0 Å². The van der Waals surface area contributed by atoms with E-state index in [0.29, 0.717) is 13.2 Å².